The highest BCUT2D eigenvalue weighted by Gasteiger charge is 2.52. The van der Waals surface area contributed by atoms with Crippen molar-refractivity contribution in [1.82, 2.24) is 0 Å². The quantitative estimate of drug-likeness (QED) is 0.644. The number of rotatable bonds is 1. The molecule has 0 aromatic rings. The molecule has 2 aliphatic rings. The van der Waals surface area contributed by atoms with Gasteiger partial charge < -0.3 is 9.31 Å². The lowest BCUT2D eigenvalue weighted by Crippen LogP contribution is -2.41. The lowest BCUT2D eigenvalue weighted by atomic mass is 9.71. The Balaban J connectivity index is 0.000000771. The highest BCUT2D eigenvalue weighted by atomic mass is 16.7. The molecule has 2 nitrogen and oxygen atoms in total. The Labute approximate surface area is 113 Å². The molecule has 1 aliphatic heterocycles. The summed E-state index contributed by atoms with van der Waals surface area (Å²) >= 11 is 0. The van der Waals surface area contributed by atoms with Gasteiger partial charge in [0.25, 0.3) is 0 Å². The van der Waals surface area contributed by atoms with Crippen LogP contribution in [0.2, 0.25) is 0 Å². The van der Waals surface area contributed by atoms with Crippen molar-refractivity contribution in [2.24, 2.45) is 5.92 Å². The van der Waals surface area contributed by atoms with Crippen molar-refractivity contribution in [2.75, 3.05) is 0 Å². The molecule has 0 spiro atoms. The molecule has 1 unspecified atom stereocenters. The summed E-state index contributed by atoms with van der Waals surface area (Å²) in [5, 5.41) is 0. The van der Waals surface area contributed by atoms with E-state index < -0.39 is 0 Å². The molecule has 0 radical (unpaired) electrons. The smallest absolute Gasteiger partial charge is 0.400 e. The van der Waals surface area contributed by atoms with Crippen molar-refractivity contribution in [2.45, 2.75) is 78.9 Å². The molecule has 1 heterocycles. The molecule has 1 saturated heterocycles. The first-order valence-corrected chi connectivity index (χ1v) is 7.38. The van der Waals surface area contributed by atoms with Gasteiger partial charge in [-0.2, -0.15) is 0 Å². The molecule has 0 saturated carbocycles. The first-order valence-electron chi connectivity index (χ1n) is 7.38. The second kappa shape index (κ2) is 5.79. The molecule has 0 aromatic heterocycles. The summed E-state index contributed by atoms with van der Waals surface area (Å²) < 4.78 is 12.1. The van der Waals surface area contributed by atoms with Gasteiger partial charge in [0.15, 0.2) is 0 Å². The zero-order chi connectivity index (χ0) is 14.0. The molecule has 1 fully saturated rings. The largest absolute Gasteiger partial charge is 0.490 e. The Bertz CT molecular complexity index is 292. The van der Waals surface area contributed by atoms with E-state index in [0.717, 1.165) is 6.42 Å². The summed E-state index contributed by atoms with van der Waals surface area (Å²) in [5.41, 5.74) is 0.927. The number of hydrogen-bond acceptors (Lipinski definition) is 2. The van der Waals surface area contributed by atoms with Crippen LogP contribution in [-0.4, -0.2) is 18.3 Å². The van der Waals surface area contributed by atoms with Crippen LogP contribution in [0.5, 0.6) is 0 Å². The van der Waals surface area contributed by atoms with Gasteiger partial charge in [-0.05, 0) is 58.3 Å². The predicted octanol–water partition coefficient (Wildman–Crippen LogP) is 4.39. The number of allylic oxidation sites excluding steroid dienone is 2. The third-order valence-electron chi connectivity index (χ3n) is 4.18. The molecule has 0 amide bonds. The van der Waals surface area contributed by atoms with Crippen molar-refractivity contribution in [3.63, 3.8) is 0 Å². The average molecular weight is 252 g/mol. The summed E-state index contributed by atoms with van der Waals surface area (Å²) in [6, 6.07) is 0. The van der Waals surface area contributed by atoms with E-state index in [2.05, 4.69) is 40.7 Å². The van der Waals surface area contributed by atoms with Gasteiger partial charge in [-0.1, -0.05) is 26.8 Å². The normalized spacial score (nSPS) is 29.4. The molecular formula is C15H29BO2. The van der Waals surface area contributed by atoms with Crippen LogP contribution in [0.1, 0.15) is 67.7 Å². The Morgan fingerprint density at radius 2 is 1.61 bits per heavy atom. The maximum absolute atomic E-state index is 6.06. The van der Waals surface area contributed by atoms with E-state index in [4.69, 9.17) is 9.31 Å². The molecule has 2 rings (SSSR count). The van der Waals surface area contributed by atoms with Crippen LogP contribution < -0.4 is 0 Å². The number of hydrogen-bond donors (Lipinski definition) is 0. The van der Waals surface area contributed by atoms with Crippen LogP contribution >= 0.6 is 0 Å². The summed E-state index contributed by atoms with van der Waals surface area (Å²) in [4.78, 5) is 0. The molecule has 18 heavy (non-hydrogen) atoms. The van der Waals surface area contributed by atoms with Crippen molar-refractivity contribution >= 4 is 7.12 Å². The van der Waals surface area contributed by atoms with Crippen LogP contribution in [-0.2, 0) is 9.31 Å². The second-order valence-corrected chi connectivity index (χ2v) is 6.20. The van der Waals surface area contributed by atoms with Gasteiger partial charge in [-0.3, -0.25) is 0 Å². The minimum Gasteiger partial charge on any atom is -0.400 e. The lowest BCUT2D eigenvalue weighted by Gasteiger charge is -2.32. The van der Waals surface area contributed by atoms with Gasteiger partial charge in [-0.15, -0.1) is 0 Å². The van der Waals surface area contributed by atoms with Gasteiger partial charge in [0.2, 0.25) is 0 Å². The van der Waals surface area contributed by atoms with Crippen LogP contribution in [0.4, 0.5) is 0 Å². The molecule has 1 atom stereocenters. The fourth-order valence-electron chi connectivity index (χ4n) is 2.35. The lowest BCUT2D eigenvalue weighted by molar-refractivity contribution is 0.00578. The molecular weight excluding hydrogens is 223 g/mol. The molecule has 0 bridgehead atoms. The second-order valence-electron chi connectivity index (χ2n) is 6.20. The van der Waals surface area contributed by atoms with E-state index in [1.165, 1.54) is 18.3 Å². The van der Waals surface area contributed by atoms with E-state index in [9.17, 15) is 0 Å². The van der Waals surface area contributed by atoms with Crippen molar-refractivity contribution in [1.29, 1.82) is 0 Å². The fraction of sp³-hybridized carbons (Fsp3) is 0.867. The van der Waals surface area contributed by atoms with E-state index in [1.807, 2.05) is 13.8 Å². The molecule has 1 aliphatic carbocycles. The zero-order valence-corrected chi connectivity index (χ0v) is 13.2. The van der Waals surface area contributed by atoms with Gasteiger partial charge in [0, 0.05) is 0 Å². The standard InChI is InChI=1S/C13H23BO2.C2H6/c1-10-7-6-8-11(9-10)14-15-12(2,3)13(4,5)16-14;1-2/h9-10H,6-8H2,1-5H3;1-2H3. The van der Waals surface area contributed by atoms with E-state index in [1.54, 1.807) is 0 Å². The monoisotopic (exact) mass is 252 g/mol. The zero-order valence-electron chi connectivity index (χ0n) is 13.2. The fourth-order valence-corrected chi connectivity index (χ4v) is 2.35. The van der Waals surface area contributed by atoms with Gasteiger partial charge in [-0.25, -0.2) is 0 Å². The first-order chi connectivity index (χ1) is 8.32. The van der Waals surface area contributed by atoms with Gasteiger partial charge in [0.05, 0.1) is 11.2 Å². The third-order valence-corrected chi connectivity index (χ3v) is 4.18. The third kappa shape index (κ3) is 3.18. The van der Waals surface area contributed by atoms with Crippen LogP contribution in [0.25, 0.3) is 0 Å². The van der Waals surface area contributed by atoms with Crippen LogP contribution in [0.3, 0.4) is 0 Å². The highest BCUT2D eigenvalue weighted by Crippen LogP contribution is 2.40. The Hall–Kier alpha value is -0.275. The Morgan fingerprint density at radius 3 is 2.06 bits per heavy atom. The SMILES string of the molecule is CC.CC1C=C(B2OC(C)(C)C(C)(C)O2)CCC1. The summed E-state index contributed by atoms with van der Waals surface area (Å²) in [5.74, 6) is 0.669. The molecule has 104 valence electrons. The van der Waals surface area contributed by atoms with Gasteiger partial charge in [0.1, 0.15) is 0 Å². The highest BCUT2D eigenvalue weighted by molar-refractivity contribution is 6.54. The summed E-state index contributed by atoms with van der Waals surface area (Å²) in [6.45, 7) is 14.7. The van der Waals surface area contributed by atoms with Crippen LogP contribution in [0.15, 0.2) is 11.5 Å². The summed E-state index contributed by atoms with van der Waals surface area (Å²) in [7, 11) is -0.118. The van der Waals surface area contributed by atoms with Crippen LogP contribution in [0, 0.1) is 5.92 Å². The Kier molecular flexibility index (Phi) is 5.08. The van der Waals surface area contributed by atoms with Crippen molar-refractivity contribution in [3.8, 4) is 0 Å². The minimum absolute atomic E-state index is 0.118. The minimum atomic E-state index is -0.209. The molecule has 3 heteroatoms. The molecule has 0 aromatic carbocycles. The Morgan fingerprint density at radius 1 is 1.11 bits per heavy atom. The maximum atomic E-state index is 6.06. The van der Waals surface area contributed by atoms with E-state index in [-0.39, 0.29) is 18.3 Å². The van der Waals surface area contributed by atoms with Gasteiger partial charge >= 0.3 is 7.12 Å². The maximum Gasteiger partial charge on any atom is 0.490 e. The van der Waals surface area contributed by atoms with Crippen molar-refractivity contribution in [3.05, 3.63) is 11.5 Å². The summed E-state index contributed by atoms with van der Waals surface area (Å²) in [6.07, 6.45) is 6.02. The van der Waals surface area contributed by atoms with E-state index in [0.29, 0.717) is 5.92 Å². The molecule has 0 N–H and O–H groups in total. The predicted molar refractivity (Wildman–Crippen MR) is 78.5 cm³/mol. The topological polar surface area (TPSA) is 18.5 Å². The van der Waals surface area contributed by atoms with E-state index >= 15 is 0 Å². The average Bonchev–Trinajstić information content (AvgIpc) is 2.51. The first kappa shape index (κ1) is 15.8. The van der Waals surface area contributed by atoms with Crippen molar-refractivity contribution < 1.29 is 9.31 Å².